The Morgan fingerprint density at radius 3 is 2.20 bits per heavy atom. The third-order valence-corrected chi connectivity index (χ3v) is 10.0. The Labute approximate surface area is 104 Å². The average molecular weight is 304 g/mol. The summed E-state index contributed by atoms with van der Waals surface area (Å²) in [5.74, 6) is 0. The maximum absolute atomic E-state index is 12.4. The molecule has 0 radical (unpaired) electrons. The number of benzene rings is 1. The second kappa shape index (κ2) is 4.95. The molecule has 2 rings (SSSR count). The highest BCUT2D eigenvalue weighted by Crippen LogP contribution is 2.59. The fourth-order valence-corrected chi connectivity index (χ4v) is 9.81. The molecule has 0 saturated carbocycles. The molecule has 1 heterocycles. The van der Waals surface area contributed by atoms with E-state index in [0.29, 0.717) is 4.90 Å². The monoisotopic (exact) mass is 304 g/mol. The Bertz CT molecular complexity index is 364. The highest BCUT2D eigenvalue weighted by Gasteiger charge is 2.31. The van der Waals surface area contributed by atoms with Gasteiger partial charge in [-0.3, -0.25) is 0 Å². The Hall–Kier alpha value is 0.760. The van der Waals surface area contributed by atoms with E-state index in [2.05, 4.69) is 0 Å². The van der Waals surface area contributed by atoms with Gasteiger partial charge >= 0.3 is 6.18 Å². The summed E-state index contributed by atoms with van der Waals surface area (Å²) in [4.78, 5) is 1.59. The van der Waals surface area contributed by atoms with E-state index in [1.165, 1.54) is 43.5 Å². The van der Waals surface area contributed by atoms with Crippen molar-refractivity contribution in [2.75, 3.05) is 0 Å². The van der Waals surface area contributed by atoms with Crippen molar-refractivity contribution in [2.45, 2.75) is 16.0 Å². The van der Waals surface area contributed by atoms with Crippen LogP contribution >= 0.6 is 51.1 Å². The molecular weight excluding hydrogens is 301 g/mol. The van der Waals surface area contributed by atoms with Crippen LogP contribution in [0.1, 0.15) is 5.56 Å². The summed E-state index contributed by atoms with van der Waals surface area (Å²) in [5, 5.41) is 0. The highest BCUT2D eigenvalue weighted by molar-refractivity contribution is 9.36. The fourth-order valence-electron chi connectivity index (χ4n) is 0.931. The lowest BCUT2D eigenvalue weighted by atomic mass is 10.2. The molecule has 0 atom stereocenters. The summed E-state index contributed by atoms with van der Waals surface area (Å²) in [6.45, 7) is 0. The van der Waals surface area contributed by atoms with Crippen molar-refractivity contribution in [3.05, 3.63) is 23.8 Å². The molecule has 0 aromatic heterocycles. The van der Waals surface area contributed by atoms with Gasteiger partial charge in [0, 0.05) is 9.79 Å². The molecule has 1 aliphatic rings. The van der Waals surface area contributed by atoms with E-state index in [-0.39, 0.29) is 0 Å². The van der Waals surface area contributed by atoms with Gasteiger partial charge in [-0.1, -0.05) is 0 Å². The molecule has 0 N–H and O–H groups in total. The van der Waals surface area contributed by atoms with Crippen LogP contribution in [-0.4, -0.2) is 0 Å². The van der Waals surface area contributed by atoms with E-state index in [9.17, 15) is 13.2 Å². The molecule has 0 saturated heterocycles. The largest absolute Gasteiger partial charge is 0.416 e. The van der Waals surface area contributed by atoms with Crippen LogP contribution in [0.5, 0.6) is 0 Å². The second-order valence-corrected chi connectivity index (χ2v) is 10.1. The van der Waals surface area contributed by atoms with Crippen LogP contribution in [0.25, 0.3) is 0 Å². The second-order valence-electron chi connectivity index (χ2n) is 2.53. The van der Waals surface area contributed by atoms with Gasteiger partial charge in [0.25, 0.3) is 0 Å². The molecule has 0 aliphatic carbocycles. The fraction of sp³-hybridized carbons (Fsp3) is 0.143. The van der Waals surface area contributed by atoms with Gasteiger partial charge in [-0.15, -0.1) is 0 Å². The molecule has 1 aromatic rings. The van der Waals surface area contributed by atoms with Crippen LogP contribution in [-0.2, 0) is 6.18 Å². The molecule has 0 fully saturated rings. The van der Waals surface area contributed by atoms with Crippen molar-refractivity contribution in [1.29, 1.82) is 0 Å². The Kier molecular flexibility index (Phi) is 4.03. The summed E-state index contributed by atoms with van der Waals surface area (Å²) in [5.41, 5.74) is -0.577. The minimum atomic E-state index is -4.25. The number of halogens is 3. The third-order valence-electron chi connectivity index (χ3n) is 1.57. The van der Waals surface area contributed by atoms with Gasteiger partial charge in [0.05, 0.1) is 5.56 Å². The summed E-state index contributed by atoms with van der Waals surface area (Å²) >= 11 is 0. The topological polar surface area (TPSA) is 0 Å². The highest BCUT2D eigenvalue weighted by atomic mass is 33.8. The van der Waals surface area contributed by atoms with Crippen molar-refractivity contribution in [2.24, 2.45) is 0 Å². The van der Waals surface area contributed by atoms with Gasteiger partial charge in [0.15, 0.2) is 0 Å². The smallest absolute Gasteiger partial charge is 0.166 e. The molecule has 1 aliphatic heterocycles. The molecular formula is C7H3F3S5. The average Bonchev–Trinajstić information content (AvgIpc) is 2.39. The predicted octanol–water partition coefficient (Wildman–Crippen LogP) is 5.76. The molecule has 82 valence electrons. The van der Waals surface area contributed by atoms with E-state index in [1.807, 2.05) is 0 Å². The van der Waals surface area contributed by atoms with Crippen LogP contribution in [0.4, 0.5) is 13.2 Å². The first kappa shape index (κ1) is 12.2. The van der Waals surface area contributed by atoms with Crippen LogP contribution in [0.15, 0.2) is 28.0 Å². The minimum Gasteiger partial charge on any atom is -0.166 e. The third kappa shape index (κ3) is 3.12. The molecule has 1 aromatic carbocycles. The lowest BCUT2D eigenvalue weighted by molar-refractivity contribution is -0.137. The van der Waals surface area contributed by atoms with E-state index >= 15 is 0 Å². The summed E-state index contributed by atoms with van der Waals surface area (Å²) < 4.78 is 37.3. The molecule has 0 bridgehead atoms. The van der Waals surface area contributed by atoms with Crippen molar-refractivity contribution < 1.29 is 13.2 Å². The van der Waals surface area contributed by atoms with E-state index in [0.717, 1.165) is 11.0 Å². The van der Waals surface area contributed by atoms with E-state index < -0.39 is 11.7 Å². The van der Waals surface area contributed by atoms with Crippen molar-refractivity contribution in [3.63, 3.8) is 0 Å². The van der Waals surface area contributed by atoms with E-state index in [1.54, 1.807) is 19.7 Å². The SMILES string of the molecule is FC(F)(F)c1ccc2c(c1)SSSSS2. The summed E-state index contributed by atoms with van der Waals surface area (Å²) in [6.07, 6.45) is -4.25. The normalized spacial score (nSPS) is 17.0. The first-order valence-corrected chi connectivity index (χ1v) is 9.78. The molecule has 0 unspecified atom stereocenters. The van der Waals surface area contributed by atoms with Gasteiger partial charge in [0.1, 0.15) is 0 Å². The molecule has 0 nitrogen and oxygen atoms in total. The predicted molar refractivity (Wildman–Crippen MR) is 65.9 cm³/mol. The maximum Gasteiger partial charge on any atom is 0.416 e. The molecule has 15 heavy (non-hydrogen) atoms. The number of hydrogen-bond acceptors (Lipinski definition) is 5. The van der Waals surface area contributed by atoms with Crippen molar-refractivity contribution >= 4 is 51.1 Å². The summed E-state index contributed by atoms with van der Waals surface area (Å²) in [7, 11) is 7.49. The zero-order valence-electron chi connectivity index (χ0n) is 6.91. The Morgan fingerprint density at radius 2 is 1.53 bits per heavy atom. The summed E-state index contributed by atoms with van der Waals surface area (Å²) in [6, 6.07) is 3.88. The van der Waals surface area contributed by atoms with Crippen LogP contribution in [0.2, 0.25) is 0 Å². The number of rotatable bonds is 0. The zero-order valence-corrected chi connectivity index (χ0v) is 11.0. The van der Waals surface area contributed by atoms with Gasteiger partial charge in [-0.05, 0) is 69.3 Å². The lowest BCUT2D eigenvalue weighted by Crippen LogP contribution is -2.04. The van der Waals surface area contributed by atoms with Gasteiger partial charge in [0.2, 0.25) is 0 Å². The van der Waals surface area contributed by atoms with Gasteiger partial charge in [-0.25, -0.2) is 0 Å². The Morgan fingerprint density at radius 1 is 0.867 bits per heavy atom. The number of hydrogen-bond donors (Lipinski definition) is 0. The molecule has 8 heteroatoms. The first-order valence-electron chi connectivity index (χ1n) is 3.63. The Balaban J connectivity index is 2.36. The first-order chi connectivity index (χ1) is 7.07. The number of alkyl halides is 3. The van der Waals surface area contributed by atoms with E-state index in [4.69, 9.17) is 0 Å². The quantitative estimate of drug-likeness (QED) is 0.557. The molecule has 0 spiro atoms. The number of fused-ring (bicyclic) bond motifs is 1. The zero-order chi connectivity index (χ0) is 10.9. The van der Waals surface area contributed by atoms with Crippen LogP contribution in [0, 0.1) is 0 Å². The lowest BCUT2D eigenvalue weighted by Gasteiger charge is -2.09. The standard InChI is InChI=1S/C7H3F3S5/c8-7(9,10)4-1-2-5-6(3-4)12-14-15-13-11-5/h1-3H. The van der Waals surface area contributed by atoms with Gasteiger partial charge in [-0.2, -0.15) is 13.2 Å². The molecule has 0 amide bonds. The van der Waals surface area contributed by atoms with Crippen molar-refractivity contribution in [1.82, 2.24) is 0 Å². The van der Waals surface area contributed by atoms with Crippen molar-refractivity contribution in [3.8, 4) is 0 Å². The van der Waals surface area contributed by atoms with Crippen LogP contribution < -0.4 is 0 Å². The van der Waals surface area contributed by atoms with Crippen LogP contribution in [0.3, 0.4) is 0 Å². The minimum absolute atomic E-state index is 0.577. The van der Waals surface area contributed by atoms with Gasteiger partial charge < -0.3 is 0 Å². The maximum atomic E-state index is 12.4.